The average Bonchev–Trinajstić information content (AvgIpc) is 2.92. The highest BCUT2D eigenvalue weighted by Crippen LogP contribution is 2.12. The molecule has 5 N–H and O–H groups in total. The molecule has 1 aromatic heterocycles. The first-order valence-electron chi connectivity index (χ1n) is 5.89. The average molecular weight is 323 g/mol. The minimum Gasteiger partial charge on any atom is -0.481 e. The number of carbonyl (C=O) groups is 1. The number of rotatable bonds is 9. The lowest BCUT2D eigenvalue weighted by atomic mass is 10.1. The predicted molar refractivity (Wildman–Crippen MR) is 68.8 cm³/mol. The van der Waals surface area contributed by atoms with Crippen LogP contribution in [0.1, 0.15) is 6.42 Å². The lowest BCUT2D eigenvalue weighted by Gasteiger charge is -2.27. The zero-order chi connectivity index (χ0) is 16.1. The lowest BCUT2D eigenvalue weighted by Crippen LogP contribution is -2.56. The third-order valence-corrected chi connectivity index (χ3v) is 4.27. The van der Waals surface area contributed by atoms with Crippen LogP contribution < -0.4 is 4.72 Å². The van der Waals surface area contributed by atoms with E-state index in [0.29, 0.717) is 0 Å². The van der Waals surface area contributed by atoms with Crippen LogP contribution in [-0.2, 0) is 21.4 Å². The Morgan fingerprint density at radius 2 is 1.86 bits per heavy atom. The minimum absolute atomic E-state index is 0.00397. The third-order valence-electron chi connectivity index (χ3n) is 2.73. The van der Waals surface area contributed by atoms with Gasteiger partial charge >= 0.3 is 5.97 Å². The van der Waals surface area contributed by atoms with Crippen molar-refractivity contribution in [2.45, 2.75) is 23.4 Å². The van der Waals surface area contributed by atoms with Gasteiger partial charge in [-0.25, -0.2) is 8.42 Å². The fourth-order valence-electron chi connectivity index (χ4n) is 1.41. The van der Waals surface area contributed by atoms with Crippen LogP contribution in [0.5, 0.6) is 0 Å². The molecule has 0 unspecified atom stereocenters. The van der Waals surface area contributed by atoms with E-state index in [4.69, 9.17) is 20.4 Å². The van der Waals surface area contributed by atoms with Crippen LogP contribution in [0.4, 0.5) is 0 Å². The molecule has 0 aliphatic rings. The van der Waals surface area contributed by atoms with Crippen molar-refractivity contribution in [2.75, 3.05) is 19.8 Å². The number of aliphatic hydroxyl groups excluding tert-OH is 3. The number of nitrogens with zero attached hydrogens (tertiary/aromatic N) is 2. The maximum atomic E-state index is 12.1. The molecule has 10 nitrogen and oxygen atoms in total. The van der Waals surface area contributed by atoms with Gasteiger partial charge in [0.15, 0.2) is 0 Å². The summed E-state index contributed by atoms with van der Waals surface area (Å²) in [5.74, 6) is -1.05. The molecule has 11 heteroatoms. The number of aliphatic carboxylic acids is 1. The van der Waals surface area contributed by atoms with Gasteiger partial charge in [0.2, 0.25) is 10.0 Å². The molecule has 0 saturated heterocycles. The lowest BCUT2D eigenvalue weighted by molar-refractivity contribution is -0.137. The van der Waals surface area contributed by atoms with Gasteiger partial charge in [0, 0.05) is 6.20 Å². The maximum Gasteiger partial charge on any atom is 0.305 e. The third kappa shape index (κ3) is 4.47. The van der Waals surface area contributed by atoms with Crippen LogP contribution in [0.15, 0.2) is 17.3 Å². The molecule has 0 bridgehead atoms. The molecule has 1 aromatic rings. The van der Waals surface area contributed by atoms with Gasteiger partial charge in [0.1, 0.15) is 10.4 Å². The molecule has 0 fully saturated rings. The van der Waals surface area contributed by atoms with Crippen molar-refractivity contribution in [1.82, 2.24) is 14.5 Å². The number of nitrogens with one attached hydrogen (secondary N) is 1. The Kier molecular flexibility index (Phi) is 5.80. The summed E-state index contributed by atoms with van der Waals surface area (Å²) in [6, 6.07) is 0. The first-order chi connectivity index (χ1) is 9.78. The van der Waals surface area contributed by atoms with Crippen molar-refractivity contribution in [3.63, 3.8) is 0 Å². The number of sulfonamides is 1. The molecule has 0 radical (unpaired) electrons. The number of hydrogen-bond donors (Lipinski definition) is 5. The van der Waals surface area contributed by atoms with Gasteiger partial charge in [-0.2, -0.15) is 9.82 Å². The molecule has 0 aromatic carbocycles. The Labute approximate surface area is 120 Å². The van der Waals surface area contributed by atoms with Gasteiger partial charge in [0.05, 0.1) is 39.0 Å². The van der Waals surface area contributed by atoms with E-state index in [9.17, 15) is 13.2 Å². The molecule has 120 valence electrons. The van der Waals surface area contributed by atoms with E-state index in [-0.39, 0.29) is 17.9 Å². The Bertz CT molecular complexity index is 571. The molecule has 0 amide bonds. The van der Waals surface area contributed by atoms with Crippen LogP contribution >= 0.6 is 0 Å². The minimum atomic E-state index is -4.13. The molecule has 0 atom stereocenters. The van der Waals surface area contributed by atoms with E-state index in [1.54, 1.807) is 0 Å². The van der Waals surface area contributed by atoms with Crippen LogP contribution in [0.3, 0.4) is 0 Å². The summed E-state index contributed by atoms with van der Waals surface area (Å²) in [4.78, 5) is 10.2. The van der Waals surface area contributed by atoms with Crippen molar-refractivity contribution in [3.8, 4) is 0 Å². The molecular weight excluding hydrogens is 306 g/mol. The number of aliphatic hydroxyl groups is 3. The highest BCUT2D eigenvalue weighted by Gasteiger charge is 2.34. The summed E-state index contributed by atoms with van der Waals surface area (Å²) in [6.07, 6.45) is 1.89. The van der Waals surface area contributed by atoms with E-state index in [1.165, 1.54) is 0 Å². The maximum absolute atomic E-state index is 12.1. The molecule has 1 heterocycles. The largest absolute Gasteiger partial charge is 0.481 e. The van der Waals surface area contributed by atoms with Crippen LogP contribution in [0, 0.1) is 0 Å². The molecule has 21 heavy (non-hydrogen) atoms. The fourth-order valence-corrected chi connectivity index (χ4v) is 2.73. The van der Waals surface area contributed by atoms with E-state index in [1.807, 2.05) is 4.72 Å². The highest BCUT2D eigenvalue weighted by atomic mass is 32.2. The van der Waals surface area contributed by atoms with Gasteiger partial charge in [-0.3, -0.25) is 9.48 Å². The molecule has 0 spiro atoms. The quantitative estimate of drug-likeness (QED) is 0.329. The predicted octanol–water partition coefficient (Wildman–Crippen LogP) is -2.65. The van der Waals surface area contributed by atoms with Crippen LogP contribution in [0.25, 0.3) is 0 Å². The van der Waals surface area contributed by atoms with Gasteiger partial charge in [-0.15, -0.1) is 0 Å². The molecular formula is C10H17N3O7S. The van der Waals surface area contributed by atoms with E-state index >= 15 is 0 Å². The zero-order valence-corrected chi connectivity index (χ0v) is 11.8. The Hall–Kier alpha value is -1.53. The van der Waals surface area contributed by atoms with Crippen molar-refractivity contribution in [1.29, 1.82) is 0 Å². The Morgan fingerprint density at radius 3 is 2.33 bits per heavy atom. The second-order valence-electron chi connectivity index (χ2n) is 4.44. The monoisotopic (exact) mass is 323 g/mol. The van der Waals surface area contributed by atoms with Gasteiger partial charge in [-0.05, 0) is 0 Å². The van der Waals surface area contributed by atoms with Crippen molar-refractivity contribution in [3.05, 3.63) is 12.4 Å². The summed E-state index contributed by atoms with van der Waals surface area (Å²) in [7, 11) is -4.13. The van der Waals surface area contributed by atoms with Crippen molar-refractivity contribution >= 4 is 16.0 Å². The zero-order valence-electron chi connectivity index (χ0n) is 11.0. The topological polar surface area (TPSA) is 162 Å². The van der Waals surface area contributed by atoms with E-state index < -0.39 is 41.4 Å². The first-order valence-corrected chi connectivity index (χ1v) is 7.38. The van der Waals surface area contributed by atoms with Gasteiger partial charge in [-0.1, -0.05) is 0 Å². The second kappa shape index (κ2) is 6.95. The molecule has 0 aliphatic carbocycles. The number of aromatic nitrogens is 2. The summed E-state index contributed by atoms with van der Waals surface area (Å²) in [5.41, 5.74) is -1.79. The highest BCUT2D eigenvalue weighted by molar-refractivity contribution is 7.89. The summed E-state index contributed by atoms with van der Waals surface area (Å²) in [5, 5.41) is 39.6. The normalized spacial score (nSPS) is 12.5. The first kappa shape index (κ1) is 17.5. The van der Waals surface area contributed by atoms with E-state index in [2.05, 4.69) is 5.10 Å². The van der Waals surface area contributed by atoms with Gasteiger partial charge < -0.3 is 20.4 Å². The Morgan fingerprint density at radius 1 is 1.29 bits per heavy atom. The van der Waals surface area contributed by atoms with Gasteiger partial charge in [0.25, 0.3) is 0 Å². The number of carboxylic acids is 1. The number of carboxylic acid groups (broad SMARTS) is 1. The smallest absolute Gasteiger partial charge is 0.305 e. The van der Waals surface area contributed by atoms with Crippen molar-refractivity contribution < 1.29 is 33.6 Å². The summed E-state index contributed by atoms with van der Waals surface area (Å²) in [6.45, 7) is -2.40. The van der Waals surface area contributed by atoms with Crippen LogP contribution in [-0.4, -0.2) is 70.0 Å². The molecule has 0 saturated carbocycles. The standard InChI is InChI=1S/C10H17N3O7S/c14-5-10(6-15,7-16)12-21(19,20)8-3-11-13(4-8)2-1-9(17)18/h3-4,12,14-16H,1-2,5-7H2,(H,17,18). The molecule has 1 rings (SSSR count). The summed E-state index contributed by atoms with van der Waals surface area (Å²) < 4.78 is 27.3. The summed E-state index contributed by atoms with van der Waals surface area (Å²) >= 11 is 0. The fraction of sp³-hybridized carbons (Fsp3) is 0.600. The van der Waals surface area contributed by atoms with E-state index in [0.717, 1.165) is 17.1 Å². The molecule has 0 aliphatic heterocycles. The van der Waals surface area contributed by atoms with Crippen LogP contribution in [0.2, 0.25) is 0 Å². The second-order valence-corrected chi connectivity index (χ2v) is 6.13. The van der Waals surface area contributed by atoms with Crippen molar-refractivity contribution in [2.24, 2.45) is 0 Å². The SMILES string of the molecule is O=C(O)CCn1cc(S(=O)(=O)NC(CO)(CO)CO)cn1. The number of hydrogen-bond acceptors (Lipinski definition) is 7. The number of aryl methyl sites for hydroxylation is 1. The Balaban J connectivity index is 2.90.